The summed E-state index contributed by atoms with van der Waals surface area (Å²) < 4.78 is 26.4. The number of thiophene rings is 1. The Morgan fingerprint density at radius 2 is 2.14 bits per heavy atom. The van der Waals surface area contributed by atoms with Gasteiger partial charge in [0.2, 0.25) is 5.91 Å². The van der Waals surface area contributed by atoms with E-state index >= 15 is 0 Å². The van der Waals surface area contributed by atoms with Crippen LogP contribution in [0.1, 0.15) is 26.2 Å². The number of hydrogen-bond acceptors (Lipinski definition) is 5. The van der Waals surface area contributed by atoms with Crippen LogP contribution in [0, 0.1) is 5.92 Å². The van der Waals surface area contributed by atoms with Crippen molar-refractivity contribution in [1.29, 1.82) is 0 Å². The molecule has 0 bridgehead atoms. The molecule has 0 radical (unpaired) electrons. The molecule has 1 aromatic heterocycles. The number of hydrogen-bond donors (Lipinski definition) is 1. The summed E-state index contributed by atoms with van der Waals surface area (Å²) in [4.78, 5) is 25.9. The molecule has 1 saturated heterocycles. The summed E-state index contributed by atoms with van der Waals surface area (Å²) in [6, 6.07) is 3.05. The fourth-order valence-electron chi connectivity index (χ4n) is 2.40. The molecule has 8 heteroatoms. The zero-order chi connectivity index (χ0) is 15.3. The number of carbonyl (C=O) groups excluding carboxylic acids is 2. The highest BCUT2D eigenvalue weighted by Gasteiger charge is 2.52. The van der Waals surface area contributed by atoms with E-state index in [1.54, 1.807) is 18.4 Å². The van der Waals surface area contributed by atoms with E-state index in [1.807, 2.05) is 0 Å². The van der Waals surface area contributed by atoms with Crippen LogP contribution in [0.25, 0.3) is 0 Å². The van der Waals surface area contributed by atoms with Gasteiger partial charge in [-0.25, -0.2) is 13.1 Å². The fourth-order valence-corrected chi connectivity index (χ4v) is 4.47. The zero-order valence-corrected chi connectivity index (χ0v) is 13.2. The molecule has 1 N–H and O–H groups in total. The van der Waals surface area contributed by atoms with Crippen molar-refractivity contribution < 1.29 is 18.0 Å². The molecule has 0 spiro atoms. The second-order valence-corrected chi connectivity index (χ2v) is 8.51. The van der Waals surface area contributed by atoms with E-state index in [9.17, 15) is 18.0 Å². The van der Waals surface area contributed by atoms with Gasteiger partial charge in [0.25, 0.3) is 15.9 Å². The second-order valence-electron chi connectivity index (χ2n) is 5.65. The van der Waals surface area contributed by atoms with Crippen molar-refractivity contribution in [1.82, 2.24) is 9.62 Å². The average molecular weight is 328 g/mol. The van der Waals surface area contributed by atoms with Crippen molar-refractivity contribution in [2.45, 2.75) is 35.9 Å². The first-order valence-corrected chi connectivity index (χ1v) is 9.13. The Kier molecular flexibility index (Phi) is 3.32. The third kappa shape index (κ3) is 2.46. The molecule has 1 saturated carbocycles. The Hall–Kier alpha value is -1.41. The molecule has 21 heavy (non-hydrogen) atoms. The minimum absolute atomic E-state index is 0.0197. The third-order valence-corrected chi connectivity index (χ3v) is 6.82. The maximum atomic E-state index is 12.3. The van der Waals surface area contributed by atoms with Gasteiger partial charge in [-0.2, -0.15) is 0 Å². The maximum absolute atomic E-state index is 12.3. The lowest BCUT2D eigenvalue weighted by Crippen LogP contribution is -2.68. The highest BCUT2D eigenvalue weighted by molar-refractivity contribution is 7.92. The lowest BCUT2D eigenvalue weighted by atomic mass is 9.85. The Labute approximate surface area is 127 Å². The van der Waals surface area contributed by atoms with Crippen LogP contribution >= 0.6 is 11.3 Å². The van der Waals surface area contributed by atoms with Gasteiger partial charge in [0, 0.05) is 12.5 Å². The fraction of sp³-hybridized carbons (Fsp3) is 0.538. The quantitative estimate of drug-likeness (QED) is 0.892. The minimum atomic E-state index is -3.85. The highest BCUT2D eigenvalue weighted by atomic mass is 32.2. The van der Waals surface area contributed by atoms with Gasteiger partial charge in [-0.05, 0) is 37.6 Å². The van der Waals surface area contributed by atoms with E-state index in [0.29, 0.717) is 13.0 Å². The van der Waals surface area contributed by atoms with Crippen LogP contribution in [0.4, 0.5) is 0 Å². The first kappa shape index (κ1) is 14.5. The Morgan fingerprint density at radius 1 is 1.43 bits per heavy atom. The summed E-state index contributed by atoms with van der Waals surface area (Å²) in [5.41, 5.74) is -1.05. The first-order chi connectivity index (χ1) is 9.84. The molecule has 6 nitrogen and oxygen atoms in total. The summed E-state index contributed by atoms with van der Waals surface area (Å²) in [6.45, 7) is 2.13. The molecule has 1 unspecified atom stereocenters. The number of carbonyl (C=O) groups is 2. The lowest BCUT2D eigenvalue weighted by molar-refractivity contribution is -0.157. The number of rotatable bonds is 4. The SMILES string of the molecule is CC1(C(=O)NS(=O)(=O)c2cccs2)CCN1C(=O)C1CC1. The summed E-state index contributed by atoms with van der Waals surface area (Å²) in [5, 5.41) is 1.63. The van der Waals surface area contributed by atoms with Crippen LogP contribution in [0.5, 0.6) is 0 Å². The van der Waals surface area contributed by atoms with Crippen LogP contribution < -0.4 is 4.72 Å². The molecule has 0 aromatic carbocycles. The number of nitrogens with one attached hydrogen (secondary N) is 1. The van der Waals surface area contributed by atoms with Crippen molar-refractivity contribution in [3.05, 3.63) is 17.5 Å². The monoisotopic (exact) mass is 328 g/mol. The normalized spacial score (nSPS) is 25.3. The Bertz CT molecular complexity index is 679. The predicted octanol–water partition coefficient (Wildman–Crippen LogP) is 0.954. The molecule has 2 fully saturated rings. The average Bonchev–Trinajstić information content (AvgIpc) is 3.10. The molecule has 1 aromatic rings. The molecule has 114 valence electrons. The van der Waals surface area contributed by atoms with Gasteiger partial charge in [0.1, 0.15) is 9.75 Å². The number of likely N-dealkylation sites (tertiary alicyclic amines) is 1. The largest absolute Gasteiger partial charge is 0.328 e. The van der Waals surface area contributed by atoms with Gasteiger partial charge >= 0.3 is 0 Å². The van der Waals surface area contributed by atoms with Gasteiger partial charge in [-0.15, -0.1) is 11.3 Å². The predicted molar refractivity (Wildman–Crippen MR) is 77.1 cm³/mol. The molecular weight excluding hydrogens is 312 g/mol. The van der Waals surface area contributed by atoms with Crippen LogP contribution in [0.3, 0.4) is 0 Å². The van der Waals surface area contributed by atoms with Crippen LogP contribution in [-0.2, 0) is 19.6 Å². The van der Waals surface area contributed by atoms with E-state index in [0.717, 1.165) is 24.2 Å². The topological polar surface area (TPSA) is 83.6 Å². The summed E-state index contributed by atoms with van der Waals surface area (Å²) in [6.07, 6.45) is 2.21. The van der Waals surface area contributed by atoms with Crippen LogP contribution in [0.15, 0.2) is 21.7 Å². The second kappa shape index (κ2) is 4.81. The molecule has 2 aliphatic rings. The van der Waals surface area contributed by atoms with Crippen molar-refractivity contribution >= 4 is 33.2 Å². The number of sulfonamides is 1. The van der Waals surface area contributed by atoms with Crippen LogP contribution in [-0.4, -0.2) is 37.2 Å². The van der Waals surface area contributed by atoms with Gasteiger partial charge < -0.3 is 4.90 Å². The molecule has 2 heterocycles. The van der Waals surface area contributed by atoms with Gasteiger partial charge in [0.15, 0.2) is 0 Å². The zero-order valence-electron chi connectivity index (χ0n) is 11.5. The summed E-state index contributed by atoms with van der Waals surface area (Å²) in [5.74, 6) is -0.644. The molecule has 1 atom stereocenters. The number of nitrogens with zero attached hydrogens (tertiary/aromatic N) is 1. The third-order valence-electron chi connectivity index (χ3n) is 4.09. The van der Waals surface area contributed by atoms with Crippen LogP contribution in [0.2, 0.25) is 0 Å². The molecule has 1 aliphatic carbocycles. The smallest absolute Gasteiger partial charge is 0.273 e. The summed E-state index contributed by atoms with van der Waals surface area (Å²) >= 11 is 1.05. The molecular formula is C13H16N2O4S2. The molecule has 3 rings (SSSR count). The summed E-state index contributed by atoms with van der Waals surface area (Å²) in [7, 11) is -3.85. The highest BCUT2D eigenvalue weighted by Crippen LogP contribution is 2.38. The number of amides is 2. The van der Waals surface area contributed by atoms with E-state index in [-0.39, 0.29) is 16.0 Å². The van der Waals surface area contributed by atoms with Crippen molar-refractivity contribution in [3.63, 3.8) is 0 Å². The lowest BCUT2D eigenvalue weighted by Gasteiger charge is -2.49. The minimum Gasteiger partial charge on any atom is -0.328 e. The van der Waals surface area contributed by atoms with Crippen molar-refractivity contribution in [3.8, 4) is 0 Å². The standard InChI is InChI=1S/C13H16N2O4S2/c1-13(6-7-15(13)11(16)9-4-5-9)12(17)14-21(18,19)10-3-2-8-20-10/h2-3,8-9H,4-7H2,1H3,(H,14,17). The maximum Gasteiger partial charge on any atom is 0.273 e. The van der Waals surface area contributed by atoms with Crippen molar-refractivity contribution in [2.75, 3.05) is 6.54 Å². The van der Waals surface area contributed by atoms with Gasteiger partial charge in [0.05, 0.1) is 0 Å². The van der Waals surface area contributed by atoms with E-state index in [1.165, 1.54) is 11.0 Å². The van der Waals surface area contributed by atoms with E-state index < -0.39 is 21.5 Å². The first-order valence-electron chi connectivity index (χ1n) is 6.77. The Morgan fingerprint density at radius 3 is 2.62 bits per heavy atom. The van der Waals surface area contributed by atoms with Gasteiger partial charge in [-0.1, -0.05) is 6.07 Å². The van der Waals surface area contributed by atoms with Gasteiger partial charge in [-0.3, -0.25) is 9.59 Å². The van der Waals surface area contributed by atoms with Crippen molar-refractivity contribution in [2.24, 2.45) is 5.92 Å². The Balaban J connectivity index is 1.74. The molecule has 1 aliphatic heterocycles. The van der Waals surface area contributed by atoms with E-state index in [2.05, 4.69) is 4.72 Å². The molecule has 2 amide bonds. The van der Waals surface area contributed by atoms with E-state index in [4.69, 9.17) is 0 Å².